The average Bonchev–Trinajstić information content (AvgIpc) is 3.47. The maximum atomic E-state index is 13.8. The van der Waals surface area contributed by atoms with Crippen LogP contribution in [0.5, 0.6) is 0 Å². The summed E-state index contributed by atoms with van der Waals surface area (Å²) in [6.07, 6.45) is 4.08. The number of hydrogen-bond donors (Lipinski definition) is 0. The number of fused-ring (bicyclic) bond motifs is 1. The number of carbonyl (C=O) groups is 1. The van der Waals surface area contributed by atoms with E-state index < -0.39 is 0 Å². The Bertz CT molecular complexity index is 1750. The molecule has 40 heavy (non-hydrogen) atoms. The molecule has 0 spiro atoms. The van der Waals surface area contributed by atoms with Crippen LogP contribution in [0.2, 0.25) is 10.0 Å². The first-order chi connectivity index (χ1) is 19.5. The summed E-state index contributed by atoms with van der Waals surface area (Å²) in [6, 6.07) is 34.0. The van der Waals surface area contributed by atoms with E-state index in [-0.39, 0.29) is 5.91 Å². The van der Waals surface area contributed by atoms with Crippen molar-refractivity contribution in [2.24, 2.45) is 4.99 Å². The van der Waals surface area contributed by atoms with Crippen molar-refractivity contribution in [2.45, 2.75) is 19.6 Å². The Labute approximate surface area is 247 Å². The maximum Gasteiger partial charge on any atom is 0.267 e. The lowest BCUT2D eigenvalue weighted by Gasteiger charge is -2.15. The zero-order valence-corrected chi connectivity index (χ0v) is 23.8. The summed E-state index contributed by atoms with van der Waals surface area (Å²) in [7, 11) is 0. The zero-order valence-electron chi connectivity index (χ0n) is 21.5. The third-order valence-corrected chi connectivity index (χ3v) is 8.54. The van der Waals surface area contributed by atoms with Crippen molar-refractivity contribution in [2.75, 3.05) is 0 Å². The Kier molecular flexibility index (Phi) is 7.78. The number of aromatic nitrogens is 1. The van der Waals surface area contributed by atoms with Crippen molar-refractivity contribution in [3.63, 3.8) is 0 Å². The number of aliphatic imine (C=N–C) groups is 1. The Morgan fingerprint density at radius 1 is 0.750 bits per heavy atom. The lowest BCUT2D eigenvalue weighted by molar-refractivity contribution is -0.122. The highest BCUT2D eigenvalue weighted by Gasteiger charge is 2.33. The normalized spacial score (nSPS) is 15.6. The molecule has 4 nitrogen and oxygen atoms in total. The van der Waals surface area contributed by atoms with Gasteiger partial charge in [0.15, 0.2) is 5.17 Å². The van der Waals surface area contributed by atoms with Crippen molar-refractivity contribution < 1.29 is 4.79 Å². The van der Waals surface area contributed by atoms with Gasteiger partial charge in [0.2, 0.25) is 0 Å². The minimum Gasteiger partial charge on any atom is -0.342 e. The molecule has 1 amide bonds. The molecule has 1 aliphatic heterocycles. The Hall–Kier alpha value is -3.77. The maximum absolute atomic E-state index is 13.8. The molecular formula is C33H25Cl2N3OS. The molecule has 0 saturated carbocycles. The van der Waals surface area contributed by atoms with Crippen LogP contribution in [-0.4, -0.2) is 20.5 Å². The molecule has 4 aromatic carbocycles. The number of para-hydroxylation sites is 1. The summed E-state index contributed by atoms with van der Waals surface area (Å²) in [6.45, 7) is 1.61. The number of rotatable bonds is 7. The summed E-state index contributed by atoms with van der Waals surface area (Å²) in [5.74, 6) is -0.0398. The van der Waals surface area contributed by atoms with Crippen LogP contribution >= 0.6 is 35.0 Å². The lowest BCUT2D eigenvalue weighted by Crippen LogP contribution is -2.28. The van der Waals surface area contributed by atoms with Gasteiger partial charge in [0, 0.05) is 29.2 Å². The Balaban J connectivity index is 1.35. The second-order valence-corrected chi connectivity index (χ2v) is 11.4. The number of thioether (sulfide) groups is 1. The van der Waals surface area contributed by atoms with E-state index in [9.17, 15) is 4.79 Å². The summed E-state index contributed by atoms with van der Waals surface area (Å²) < 4.78 is 2.18. The number of amidine groups is 1. The first kappa shape index (κ1) is 26.5. The Morgan fingerprint density at radius 2 is 1.45 bits per heavy atom. The third-order valence-electron chi connectivity index (χ3n) is 6.75. The number of halogens is 2. The van der Waals surface area contributed by atoms with Gasteiger partial charge in [-0.05, 0) is 52.7 Å². The molecule has 0 radical (unpaired) electrons. The smallest absolute Gasteiger partial charge is 0.267 e. The van der Waals surface area contributed by atoms with Gasteiger partial charge in [-0.1, -0.05) is 108 Å². The fourth-order valence-electron chi connectivity index (χ4n) is 4.77. The molecule has 198 valence electrons. The van der Waals surface area contributed by atoms with Crippen LogP contribution in [0.4, 0.5) is 0 Å². The summed E-state index contributed by atoms with van der Waals surface area (Å²) in [5, 5.41) is 2.86. The largest absolute Gasteiger partial charge is 0.342 e. The van der Waals surface area contributed by atoms with E-state index in [4.69, 9.17) is 28.2 Å². The van der Waals surface area contributed by atoms with Gasteiger partial charge in [-0.15, -0.1) is 0 Å². The molecule has 6 rings (SSSR count). The van der Waals surface area contributed by atoms with Crippen molar-refractivity contribution in [3.05, 3.63) is 147 Å². The molecule has 0 bridgehead atoms. The molecule has 5 aromatic rings. The summed E-state index contributed by atoms with van der Waals surface area (Å²) >= 11 is 13.8. The first-order valence-corrected chi connectivity index (χ1v) is 14.5. The standard InChI is InChI=1S/C33H25Cl2N3OS/c34-28-16-15-25(17-29(28)35)20-37-22-26(27-13-7-8-14-30(27)37)18-31-32(39)38(21-24-11-5-2-6-12-24)33(40-31)36-19-23-9-3-1-4-10-23/h1-18,22H,19-21H2/b31-18+,36-33?. The second-order valence-electron chi connectivity index (χ2n) is 9.55. The topological polar surface area (TPSA) is 37.6 Å². The number of nitrogens with zero attached hydrogens (tertiary/aromatic N) is 3. The van der Waals surface area contributed by atoms with Crippen LogP contribution in [0.3, 0.4) is 0 Å². The average molecular weight is 583 g/mol. The minimum absolute atomic E-state index is 0.0398. The van der Waals surface area contributed by atoms with Gasteiger partial charge in [-0.3, -0.25) is 14.7 Å². The fraction of sp³-hybridized carbons (Fsp3) is 0.0909. The van der Waals surface area contributed by atoms with E-state index in [0.717, 1.165) is 33.2 Å². The molecule has 0 atom stereocenters. The minimum atomic E-state index is -0.0398. The van der Waals surface area contributed by atoms with E-state index in [1.165, 1.54) is 11.8 Å². The second kappa shape index (κ2) is 11.8. The van der Waals surface area contributed by atoms with Gasteiger partial charge in [0.1, 0.15) is 0 Å². The molecule has 0 aliphatic carbocycles. The lowest BCUT2D eigenvalue weighted by atomic mass is 10.1. The quantitative estimate of drug-likeness (QED) is 0.180. The van der Waals surface area contributed by atoms with E-state index >= 15 is 0 Å². The van der Waals surface area contributed by atoms with Crippen LogP contribution in [0.25, 0.3) is 17.0 Å². The van der Waals surface area contributed by atoms with Crippen LogP contribution in [0, 0.1) is 0 Å². The molecule has 2 heterocycles. The molecule has 1 fully saturated rings. The number of carbonyl (C=O) groups excluding carboxylic acids is 1. The van der Waals surface area contributed by atoms with Gasteiger partial charge in [0.05, 0.1) is 28.0 Å². The van der Waals surface area contributed by atoms with Gasteiger partial charge in [-0.2, -0.15) is 0 Å². The number of amides is 1. The van der Waals surface area contributed by atoms with Crippen LogP contribution in [-0.2, 0) is 24.4 Å². The van der Waals surface area contributed by atoms with Crippen LogP contribution < -0.4 is 0 Å². The molecule has 1 aliphatic rings. The summed E-state index contributed by atoms with van der Waals surface area (Å²) in [4.78, 5) is 21.1. The predicted molar refractivity (Wildman–Crippen MR) is 168 cm³/mol. The van der Waals surface area contributed by atoms with Gasteiger partial charge >= 0.3 is 0 Å². The monoisotopic (exact) mass is 581 g/mol. The molecule has 0 N–H and O–H groups in total. The fourth-order valence-corrected chi connectivity index (χ4v) is 6.06. The highest BCUT2D eigenvalue weighted by atomic mass is 35.5. The van der Waals surface area contributed by atoms with E-state index in [0.29, 0.717) is 39.8 Å². The first-order valence-electron chi connectivity index (χ1n) is 12.9. The molecule has 1 aromatic heterocycles. The van der Waals surface area contributed by atoms with E-state index in [1.807, 2.05) is 97.1 Å². The van der Waals surface area contributed by atoms with Crippen molar-refractivity contribution >= 4 is 63.0 Å². The molecule has 1 saturated heterocycles. The third kappa shape index (κ3) is 5.73. The van der Waals surface area contributed by atoms with Crippen LogP contribution in [0.15, 0.2) is 119 Å². The van der Waals surface area contributed by atoms with Gasteiger partial charge in [-0.25, -0.2) is 0 Å². The summed E-state index contributed by atoms with van der Waals surface area (Å²) in [5.41, 5.74) is 5.27. The van der Waals surface area contributed by atoms with Crippen LogP contribution in [0.1, 0.15) is 22.3 Å². The van der Waals surface area contributed by atoms with E-state index in [1.54, 1.807) is 4.90 Å². The van der Waals surface area contributed by atoms with Crippen molar-refractivity contribution in [1.82, 2.24) is 9.47 Å². The molecule has 7 heteroatoms. The molecule has 0 unspecified atom stereocenters. The van der Waals surface area contributed by atoms with Crippen molar-refractivity contribution in [3.8, 4) is 0 Å². The van der Waals surface area contributed by atoms with Gasteiger partial charge in [0.25, 0.3) is 5.91 Å². The van der Waals surface area contributed by atoms with Crippen molar-refractivity contribution in [1.29, 1.82) is 0 Å². The highest BCUT2D eigenvalue weighted by molar-refractivity contribution is 8.18. The predicted octanol–water partition coefficient (Wildman–Crippen LogP) is 8.67. The van der Waals surface area contributed by atoms with Gasteiger partial charge < -0.3 is 4.57 Å². The van der Waals surface area contributed by atoms with E-state index in [2.05, 4.69) is 22.9 Å². The Morgan fingerprint density at radius 3 is 2.20 bits per heavy atom. The zero-order chi connectivity index (χ0) is 27.5. The number of benzene rings is 4. The molecular weight excluding hydrogens is 557 g/mol. The SMILES string of the molecule is O=C1/C(=C\c2cn(Cc3ccc(Cl)c(Cl)c3)c3ccccc23)SC(=NCc2ccccc2)N1Cc1ccccc1. The number of hydrogen-bond acceptors (Lipinski definition) is 3. The highest BCUT2D eigenvalue weighted by Crippen LogP contribution is 2.36.